The number of aryl methyl sites for hydroxylation is 1. The van der Waals surface area contributed by atoms with Gasteiger partial charge >= 0.3 is 12.4 Å². The Labute approximate surface area is 262 Å². The van der Waals surface area contributed by atoms with Crippen molar-refractivity contribution in [1.29, 1.82) is 0 Å². The molecule has 0 fully saturated rings. The van der Waals surface area contributed by atoms with Gasteiger partial charge in [-0.2, -0.15) is 4.99 Å². The van der Waals surface area contributed by atoms with E-state index in [1.165, 1.54) is 52.2 Å². The smallest absolute Gasteiger partial charge is 0.406 e. The first kappa shape index (κ1) is 31.7. The van der Waals surface area contributed by atoms with Crippen molar-refractivity contribution in [2.45, 2.75) is 46.4 Å². The topological polar surface area (TPSA) is 86.3 Å². The molecule has 1 atom stereocenters. The summed E-state index contributed by atoms with van der Waals surface area (Å²) in [6, 6.07) is 21.0. The van der Waals surface area contributed by atoms with Crippen LogP contribution in [0.1, 0.15) is 43.5 Å². The van der Waals surface area contributed by atoms with Crippen molar-refractivity contribution in [2.75, 3.05) is 6.54 Å². The maximum Gasteiger partial charge on any atom is 0.573 e. The zero-order valence-corrected chi connectivity index (χ0v) is 26.1. The molecule has 5 aromatic rings. The number of rotatable bonds is 9. The van der Waals surface area contributed by atoms with Gasteiger partial charge in [-0.25, -0.2) is 14.5 Å². The number of para-hydroxylation sites is 1. The van der Waals surface area contributed by atoms with Gasteiger partial charge in [0, 0.05) is 23.2 Å². The predicted octanol–water partition coefficient (Wildman–Crippen LogP) is 7.61. The van der Waals surface area contributed by atoms with Crippen molar-refractivity contribution in [3.8, 4) is 28.5 Å². The van der Waals surface area contributed by atoms with Gasteiger partial charge in [0.05, 0.1) is 11.4 Å². The number of ether oxygens (including phenoxy) is 1. The first-order valence-electron chi connectivity index (χ1n) is 14.4. The molecule has 45 heavy (non-hydrogen) atoms. The van der Waals surface area contributed by atoms with Gasteiger partial charge in [-0.05, 0) is 66.6 Å². The number of carbonyl (C=O) groups excluding carboxylic acids is 1. The summed E-state index contributed by atoms with van der Waals surface area (Å²) in [6.45, 7) is 8.84. The second-order valence-corrected chi connectivity index (χ2v) is 11.9. The molecule has 0 aliphatic rings. The minimum Gasteiger partial charge on any atom is -0.406 e. The molecule has 0 saturated carbocycles. The first-order chi connectivity index (χ1) is 21.5. The molecule has 0 aliphatic carbocycles. The van der Waals surface area contributed by atoms with Gasteiger partial charge in [-0.1, -0.05) is 63.2 Å². The van der Waals surface area contributed by atoms with Gasteiger partial charge in [0.2, 0.25) is 0 Å². The number of carbonyl (C=O) groups is 1. The standard InChI is InChI=1S/C33H33F3N6O2S/c1-21(2)28-7-5-6-8-29(28)42-23(4)19-45-32(42)39-31(43)37-18-22(3)17-24-9-11-25(12-10-24)30-38-20-41(40-30)26-13-15-27(16-14-26)44-33(34,35)36/h5-16,19-22H,17-18H2,1-4H3,(H,37,43). The van der Waals surface area contributed by atoms with E-state index in [4.69, 9.17) is 0 Å². The number of aromatic nitrogens is 4. The number of halogens is 3. The first-order valence-corrected chi connectivity index (χ1v) is 15.3. The number of thiazole rings is 1. The second kappa shape index (κ2) is 13.5. The number of hydrogen-bond acceptors (Lipinski definition) is 5. The highest BCUT2D eigenvalue weighted by molar-refractivity contribution is 7.07. The van der Waals surface area contributed by atoms with Crippen LogP contribution < -0.4 is 14.9 Å². The molecule has 0 radical (unpaired) electrons. The predicted molar refractivity (Wildman–Crippen MR) is 168 cm³/mol. The highest BCUT2D eigenvalue weighted by atomic mass is 32.1. The molecule has 1 N–H and O–H groups in total. The lowest BCUT2D eigenvalue weighted by Crippen LogP contribution is -2.29. The maximum absolute atomic E-state index is 12.8. The van der Waals surface area contributed by atoms with E-state index in [2.05, 4.69) is 58.0 Å². The van der Waals surface area contributed by atoms with Crippen LogP contribution in [0.2, 0.25) is 0 Å². The van der Waals surface area contributed by atoms with Crippen LogP contribution >= 0.6 is 11.3 Å². The Bertz CT molecular complexity index is 1820. The minimum atomic E-state index is -4.75. The Kier molecular flexibility index (Phi) is 9.52. The molecule has 0 saturated heterocycles. The number of nitrogens with one attached hydrogen (secondary N) is 1. The lowest BCUT2D eigenvalue weighted by atomic mass is 10.00. The van der Waals surface area contributed by atoms with Gasteiger partial charge < -0.3 is 10.1 Å². The monoisotopic (exact) mass is 634 g/mol. The Morgan fingerprint density at radius 3 is 2.42 bits per heavy atom. The van der Waals surface area contributed by atoms with Crippen LogP contribution in [0.25, 0.3) is 22.8 Å². The van der Waals surface area contributed by atoms with Crippen LogP contribution in [0.4, 0.5) is 18.0 Å². The summed E-state index contributed by atoms with van der Waals surface area (Å²) >= 11 is 1.44. The van der Waals surface area contributed by atoms with Crippen molar-refractivity contribution >= 4 is 17.4 Å². The molecule has 3 aromatic carbocycles. The molecular weight excluding hydrogens is 601 g/mol. The molecule has 2 aromatic heterocycles. The Hall–Kier alpha value is -4.71. The summed E-state index contributed by atoms with van der Waals surface area (Å²) < 4.78 is 44.7. The molecule has 2 amide bonds. The van der Waals surface area contributed by atoms with Crippen LogP contribution in [0.3, 0.4) is 0 Å². The number of nitrogens with zero attached hydrogens (tertiary/aromatic N) is 5. The van der Waals surface area contributed by atoms with E-state index in [0.29, 0.717) is 28.8 Å². The van der Waals surface area contributed by atoms with E-state index < -0.39 is 6.36 Å². The number of benzene rings is 3. The summed E-state index contributed by atoms with van der Waals surface area (Å²) in [7, 11) is 0. The Morgan fingerprint density at radius 2 is 1.73 bits per heavy atom. The molecule has 1 unspecified atom stereocenters. The fraction of sp³-hybridized carbons (Fsp3) is 0.273. The molecule has 8 nitrogen and oxygen atoms in total. The van der Waals surface area contributed by atoms with Crippen molar-refractivity contribution < 1.29 is 22.7 Å². The van der Waals surface area contributed by atoms with Crippen molar-refractivity contribution in [2.24, 2.45) is 10.9 Å². The third kappa shape index (κ3) is 8.07. The third-order valence-corrected chi connectivity index (χ3v) is 8.04. The maximum atomic E-state index is 12.8. The van der Waals surface area contributed by atoms with E-state index in [-0.39, 0.29) is 17.7 Å². The highest BCUT2D eigenvalue weighted by Crippen LogP contribution is 2.25. The van der Waals surface area contributed by atoms with E-state index in [0.717, 1.165) is 28.9 Å². The second-order valence-electron chi connectivity index (χ2n) is 11.1. The average Bonchev–Trinajstić information content (AvgIpc) is 3.63. The molecular formula is C33H33F3N6O2S. The number of hydrogen-bond donors (Lipinski definition) is 1. The quantitative estimate of drug-likeness (QED) is 0.181. The van der Waals surface area contributed by atoms with Crippen molar-refractivity contribution in [3.63, 3.8) is 0 Å². The van der Waals surface area contributed by atoms with Crippen molar-refractivity contribution in [3.05, 3.63) is 106 Å². The average molecular weight is 635 g/mol. The van der Waals surface area contributed by atoms with Gasteiger partial charge in [0.15, 0.2) is 10.6 Å². The zero-order chi connectivity index (χ0) is 32.1. The van der Waals surface area contributed by atoms with Gasteiger partial charge in [-0.3, -0.25) is 4.57 Å². The summed E-state index contributed by atoms with van der Waals surface area (Å²) in [4.78, 5) is 22.2. The Balaban J connectivity index is 1.18. The highest BCUT2D eigenvalue weighted by Gasteiger charge is 2.31. The zero-order valence-electron chi connectivity index (χ0n) is 25.2. The molecule has 5 rings (SSSR count). The number of urea groups is 1. The summed E-state index contributed by atoms with van der Waals surface area (Å²) in [5, 5.41) is 9.40. The fourth-order valence-corrected chi connectivity index (χ4v) is 5.78. The molecule has 2 heterocycles. The lowest BCUT2D eigenvalue weighted by molar-refractivity contribution is -0.274. The largest absolute Gasteiger partial charge is 0.573 e. The normalized spacial score (nSPS) is 12.8. The van der Waals surface area contributed by atoms with E-state index in [1.54, 1.807) is 0 Å². The third-order valence-electron chi connectivity index (χ3n) is 7.10. The van der Waals surface area contributed by atoms with Gasteiger partial charge in [-0.15, -0.1) is 29.6 Å². The van der Waals surface area contributed by atoms with Gasteiger partial charge in [0.1, 0.15) is 12.1 Å². The van der Waals surface area contributed by atoms with Crippen LogP contribution in [-0.4, -0.2) is 38.3 Å². The summed E-state index contributed by atoms with van der Waals surface area (Å²) in [5.41, 5.74) is 5.68. The molecule has 12 heteroatoms. The summed E-state index contributed by atoms with van der Waals surface area (Å²) in [6.07, 6.45) is -2.50. The van der Waals surface area contributed by atoms with E-state index >= 15 is 0 Å². The molecule has 234 valence electrons. The number of amides is 2. The van der Waals surface area contributed by atoms with Crippen molar-refractivity contribution in [1.82, 2.24) is 24.6 Å². The molecule has 0 aliphatic heterocycles. The minimum absolute atomic E-state index is 0.162. The molecule has 0 spiro atoms. The van der Waals surface area contributed by atoms with Crippen LogP contribution in [-0.2, 0) is 6.42 Å². The van der Waals surface area contributed by atoms with Crippen LogP contribution in [0.15, 0.2) is 89.5 Å². The number of alkyl halides is 3. The van der Waals surface area contributed by atoms with Gasteiger partial charge in [0.25, 0.3) is 0 Å². The van der Waals surface area contributed by atoms with E-state index in [9.17, 15) is 18.0 Å². The van der Waals surface area contributed by atoms with E-state index in [1.807, 2.05) is 53.3 Å². The molecule has 0 bridgehead atoms. The SMILES string of the molecule is Cc1csc(=NC(=O)NCC(C)Cc2ccc(-c3ncn(-c4ccc(OC(F)(F)F)cc4)n3)cc2)n1-c1ccccc1C(C)C. The Morgan fingerprint density at radius 1 is 1.02 bits per heavy atom. The fourth-order valence-electron chi connectivity index (χ4n) is 4.92. The van der Waals surface area contributed by atoms with Crippen LogP contribution in [0.5, 0.6) is 5.75 Å². The van der Waals surface area contributed by atoms with Crippen LogP contribution in [0, 0.1) is 12.8 Å². The summed E-state index contributed by atoms with van der Waals surface area (Å²) in [5.74, 6) is 0.667. The lowest BCUT2D eigenvalue weighted by Gasteiger charge is -2.15.